The molecule has 2 aromatic rings. The van der Waals surface area contributed by atoms with E-state index < -0.39 is 18.5 Å². The number of nitrogens with zero attached hydrogens (tertiary/aromatic N) is 1. The maximum absolute atomic E-state index is 13.4. The number of esters is 1. The van der Waals surface area contributed by atoms with Crippen LogP contribution in [0.4, 0.5) is 4.39 Å². The van der Waals surface area contributed by atoms with Gasteiger partial charge in [0.15, 0.2) is 6.61 Å². The van der Waals surface area contributed by atoms with Gasteiger partial charge < -0.3 is 14.6 Å². The van der Waals surface area contributed by atoms with E-state index in [1.54, 1.807) is 25.1 Å². The van der Waals surface area contributed by atoms with Gasteiger partial charge in [0.05, 0.1) is 5.69 Å². The Hall–Kier alpha value is -2.70. The zero-order chi connectivity index (χ0) is 17.5. The van der Waals surface area contributed by atoms with Crippen molar-refractivity contribution in [2.24, 2.45) is 0 Å². The number of ether oxygens (including phenoxy) is 1. The summed E-state index contributed by atoms with van der Waals surface area (Å²) in [5.41, 5.74) is 1.27. The summed E-state index contributed by atoms with van der Waals surface area (Å²) in [6.07, 6.45) is 0.883. The molecule has 2 rings (SSSR count). The van der Waals surface area contributed by atoms with Gasteiger partial charge >= 0.3 is 5.97 Å². The third kappa shape index (κ3) is 4.41. The molecule has 1 amide bonds. The fraction of sp³-hybridized carbons (Fsp3) is 0.353. The van der Waals surface area contributed by atoms with Crippen molar-refractivity contribution in [3.05, 3.63) is 52.7 Å². The summed E-state index contributed by atoms with van der Waals surface area (Å²) in [6, 6.07) is 6.36. The summed E-state index contributed by atoms with van der Waals surface area (Å²) < 4.78 is 23.4. The molecule has 0 aliphatic carbocycles. The summed E-state index contributed by atoms with van der Waals surface area (Å²) in [7, 11) is 0. The van der Waals surface area contributed by atoms with E-state index in [1.807, 2.05) is 6.92 Å². The SMILES string of the molecule is CCc1noc(C)c1C(=O)OCC(=O)NCCc1ccccc1F. The molecule has 0 bridgehead atoms. The molecule has 0 saturated heterocycles. The van der Waals surface area contributed by atoms with Crippen LogP contribution in [0.15, 0.2) is 28.8 Å². The predicted molar refractivity (Wildman–Crippen MR) is 84.0 cm³/mol. The van der Waals surface area contributed by atoms with Gasteiger partial charge in [-0.2, -0.15) is 0 Å². The highest BCUT2D eigenvalue weighted by atomic mass is 19.1. The molecule has 1 heterocycles. The highest BCUT2D eigenvalue weighted by molar-refractivity contribution is 5.93. The first-order valence-electron chi connectivity index (χ1n) is 7.65. The van der Waals surface area contributed by atoms with E-state index in [9.17, 15) is 14.0 Å². The third-order valence-corrected chi connectivity index (χ3v) is 3.48. The smallest absolute Gasteiger partial charge is 0.344 e. The number of aromatic nitrogens is 1. The normalized spacial score (nSPS) is 10.5. The van der Waals surface area contributed by atoms with Crippen molar-refractivity contribution in [1.82, 2.24) is 10.5 Å². The number of hydrogen-bond donors (Lipinski definition) is 1. The third-order valence-electron chi connectivity index (χ3n) is 3.48. The summed E-state index contributed by atoms with van der Waals surface area (Å²) in [5, 5.41) is 6.34. The molecule has 1 aromatic heterocycles. The number of nitrogens with one attached hydrogen (secondary N) is 1. The number of rotatable bonds is 7. The van der Waals surface area contributed by atoms with Gasteiger partial charge in [-0.15, -0.1) is 0 Å². The Labute approximate surface area is 139 Å². The summed E-state index contributed by atoms with van der Waals surface area (Å²) in [6.45, 7) is 3.29. The van der Waals surface area contributed by atoms with E-state index in [0.29, 0.717) is 29.9 Å². The Morgan fingerprint density at radius 1 is 1.33 bits per heavy atom. The minimum Gasteiger partial charge on any atom is -0.452 e. The highest BCUT2D eigenvalue weighted by Crippen LogP contribution is 2.15. The van der Waals surface area contributed by atoms with Gasteiger partial charge in [0.25, 0.3) is 5.91 Å². The zero-order valence-corrected chi connectivity index (χ0v) is 13.6. The van der Waals surface area contributed by atoms with Crippen LogP contribution < -0.4 is 5.32 Å². The van der Waals surface area contributed by atoms with Crippen LogP contribution in [0.1, 0.15) is 34.3 Å². The predicted octanol–water partition coefficient (Wildman–Crippen LogP) is 2.20. The van der Waals surface area contributed by atoms with Crippen molar-refractivity contribution in [1.29, 1.82) is 0 Å². The van der Waals surface area contributed by atoms with Crippen LogP contribution in [0.5, 0.6) is 0 Å². The second-order valence-electron chi connectivity index (χ2n) is 5.18. The van der Waals surface area contributed by atoms with Gasteiger partial charge in [0.2, 0.25) is 0 Å². The van der Waals surface area contributed by atoms with Gasteiger partial charge in [-0.3, -0.25) is 4.79 Å². The quantitative estimate of drug-likeness (QED) is 0.785. The number of hydrogen-bond acceptors (Lipinski definition) is 5. The number of carbonyl (C=O) groups is 2. The monoisotopic (exact) mass is 334 g/mol. The fourth-order valence-corrected chi connectivity index (χ4v) is 2.21. The molecule has 24 heavy (non-hydrogen) atoms. The molecule has 0 unspecified atom stereocenters. The summed E-state index contributed by atoms with van der Waals surface area (Å²) in [5.74, 6) is -1.05. The van der Waals surface area contributed by atoms with Crippen LogP contribution in [0.2, 0.25) is 0 Å². The molecule has 0 radical (unpaired) electrons. The lowest BCUT2D eigenvalue weighted by Gasteiger charge is -2.07. The molecule has 1 N–H and O–H groups in total. The van der Waals surface area contributed by atoms with Crippen molar-refractivity contribution in [2.45, 2.75) is 26.7 Å². The Morgan fingerprint density at radius 3 is 2.79 bits per heavy atom. The van der Waals surface area contributed by atoms with Crippen LogP contribution in [-0.4, -0.2) is 30.2 Å². The summed E-state index contributed by atoms with van der Waals surface area (Å²) >= 11 is 0. The Balaban J connectivity index is 1.78. The van der Waals surface area contributed by atoms with E-state index in [4.69, 9.17) is 9.26 Å². The Kier molecular flexibility index (Phi) is 6.06. The standard InChI is InChI=1S/C17H19FN2O4/c1-3-14-16(11(2)24-20-14)17(22)23-10-15(21)19-9-8-12-6-4-5-7-13(12)18/h4-7H,3,8-10H2,1-2H3,(H,19,21). The first-order chi connectivity index (χ1) is 11.5. The minimum atomic E-state index is -0.644. The molecule has 0 spiro atoms. The summed E-state index contributed by atoms with van der Waals surface area (Å²) in [4.78, 5) is 23.7. The van der Waals surface area contributed by atoms with E-state index in [2.05, 4.69) is 10.5 Å². The fourth-order valence-electron chi connectivity index (χ4n) is 2.21. The molecule has 0 aliphatic heterocycles. The van der Waals surface area contributed by atoms with Crippen molar-refractivity contribution in [3.8, 4) is 0 Å². The maximum atomic E-state index is 13.4. The molecule has 0 aliphatic rings. The van der Waals surface area contributed by atoms with Crippen molar-refractivity contribution >= 4 is 11.9 Å². The topological polar surface area (TPSA) is 81.4 Å². The number of aryl methyl sites for hydroxylation is 2. The number of carbonyl (C=O) groups excluding carboxylic acids is 2. The molecule has 0 atom stereocenters. The molecular weight excluding hydrogens is 315 g/mol. The average molecular weight is 334 g/mol. The Morgan fingerprint density at radius 2 is 2.08 bits per heavy atom. The lowest BCUT2D eigenvalue weighted by molar-refractivity contribution is -0.124. The van der Waals surface area contributed by atoms with Gasteiger partial charge in [-0.25, -0.2) is 9.18 Å². The first-order valence-corrected chi connectivity index (χ1v) is 7.65. The molecule has 6 nitrogen and oxygen atoms in total. The number of halogens is 1. The van der Waals surface area contributed by atoms with Crippen LogP contribution in [0, 0.1) is 12.7 Å². The molecule has 1 aromatic carbocycles. The van der Waals surface area contributed by atoms with Gasteiger partial charge in [-0.1, -0.05) is 30.3 Å². The second-order valence-corrected chi connectivity index (χ2v) is 5.18. The lowest BCUT2D eigenvalue weighted by Crippen LogP contribution is -2.30. The zero-order valence-electron chi connectivity index (χ0n) is 13.6. The second kappa shape index (κ2) is 8.24. The van der Waals surface area contributed by atoms with Crippen LogP contribution in [0.25, 0.3) is 0 Å². The van der Waals surface area contributed by atoms with Gasteiger partial charge in [0, 0.05) is 6.54 Å². The molecule has 0 fully saturated rings. The van der Waals surface area contributed by atoms with Gasteiger partial charge in [-0.05, 0) is 31.4 Å². The molecular formula is C17H19FN2O4. The largest absolute Gasteiger partial charge is 0.452 e. The molecule has 0 saturated carbocycles. The van der Waals surface area contributed by atoms with E-state index >= 15 is 0 Å². The molecule has 128 valence electrons. The highest BCUT2D eigenvalue weighted by Gasteiger charge is 2.21. The van der Waals surface area contributed by atoms with Crippen LogP contribution in [-0.2, 0) is 22.4 Å². The maximum Gasteiger partial charge on any atom is 0.344 e. The van der Waals surface area contributed by atoms with Crippen LogP contribution in [0.3, 0.4) is 0 Å². The number of benzene rings is 1. The van der Waals surface area contributed by atoms with E-state index in [0.717, 1.165) is 0 Å². The molecule has 7 heteroatoms. The van der Waals surface area contributed by atoms with Crippen LogP contribution >= 0.6 is 0 Å². The average Bonchev–Trinajstić information content (AvgIpc) is 2.95. The lowest BCUT2D eigenvalue weighted by atomic mass is 10.1. The number of amides is 1. The van der Waals surface area contributed by atoms with E-state index in [1.165, 1.54) is 6.07 Å². The Bertz CT molecular complexity index is 727. The first kappa shape index (κ1) is 17.7. The van der Waals surface area contributed by atoms with Crippen molar-refractivity contribution < 1.29 is 23.2 Å². The minimum absolute atomic E-state index is 0.254. The van der Waals surface area contributed by atoms with Crippen molar-refractivity contribution in [2.75, 3.05) is 13.2 Å². The van der Waals surface area contributed by atoms with Crippen molar-refractivity contribution in [3.63, 3.8) is 0 Å². The van der Waals surface area contributed by atoms with E-state index in [-0.39, 0.29) is 17.9 Å². The van der Waals surface area contributed by atoms with Gasteiger partial charge in [0.1, 0.15) is 17.1 Å².